The number of hydrogen-bond donors (Lipinski definition) is 2. The summed E-state index contributed by atoms with van der Waals surface area (Å²) in [6.07, 6.45) is 1.77. The molecule has 0 atom stereocenters. The molecule has 3 aromatic rings. The van der Waals surface area contributed by atoms with Crippen molar-refractivity contribution in [1.82, 2.24) is 4.98 Å². The van der Waals surface area contributed by atoms with Gasteiger partial charge in [0.05, 0.1) is 0 Å². The van der Waals surface area contributed by atoms with Crippen LogP contribution in [0, 0.1) is 6.92 Å². The van der Waals surface area contributed by atoms with Gasteiger partial charge in [-0.25, -0.2) is 4.79 Å². The second kappa shape index (κ2) is 2.88. The standard InChI is InChI=1S/C12H9NO3/c1-6-5-13-11-10(6)8-3-2-7(14)4-9(8)16-12(11)15/h2-5,13-14H,1H3. The topological polar surface area (TPSA) is 66.2 Å². The van der Waals surface area contributed by atoms with Crippen LogP contribution in [0.15, 0.2) is 33.6 Å². The lowest BCUT2D eigenvalue weighted by Gasteiger charge is -2.00. The predicted octanol–water partition coefficient (Wildman–Crippen LogP) is 2.29. The predicted molar refractivity (Wildman–Crippen MR) is 60.7 cm³/mol. The molecule has 0 aliphatic heterocycles. The summed E-state index contributed by atoms with van der Waals surface area (Å²) in [6, 6.07) is 4.77. The zero-order valence-corrected chi connectivity index (χ0v) is 8.57. The molecule has 3 rings (SSSR count). The Labute approximate surface area is 90.1 Å². The summed E-state index contributed by atoms with van der Waals surface area (Å²) in [5.41, 5.74) is 1.44. The number of aryl methyl sites for hydroxylation is 1. The molecular formula is C12H9NO3. The quantitative estimate of drug-likeness (QED) is 0.565. The van der Waals surface area contributed by atoms with Gasteiger partial charge in [0.15, 0.2) is 0 Å². The summed E-state index contributed by atoms with van der Waals surface area (Å²) in [5, 5.41) is 11.0. The van der Waals surface area contributed by atoms with Crippen LogP contribution < -0.4 is 5.63 Å². The molecule has 80 valence electrons. The summed E-state index contributed by atoms with van der Waals surface area (Å²) < 4.78 is 5.12. The molecule has 4 heteroatoms. The Kier molecular flexibility index (Phi) is 1.63. The van der Waals surface area contributed by atoms with Gasteiger partial charge in [0.25, 0.3) is 0 Å². The second-order valence-corrected chi connectivity index (χ2v) is 3.79. The van der Waals surface area contributed by atoms with Gasteiger partial charge in [0, 0.05) is 23.0 Å². The fraction of sp³-hybridized carbons (Fsp3) is 0.0833. The van der Waals surface area contributed by atoms with Crippen LogP contribution in [-0.2, 0) is 0 Å². The first-order valence-electron chi connectivity index (χ1n) is 4.90. The van der Waals surface area contributed by atoms with Gasteiger partial charge >= 0.3 is 5.63 Å². The number of rotatable bonds is 0. The fourth-order valence-corrected chi connectivity index (χ4v) is 1.98. The summed E-state index contributed by atoms with van der Waals surface area (Å²) >= 11 is 0. The van der Waals surface area contributed by atoms with E-state index in [4.69, 9.17) is 4.42 Å². The van der Waals surface area contributed by atoms with E-state index in [0.29, 0.717) is 11.1 Å². The Hall–Kier alpha value is -2.23. The number of aromatic amines is 1. The molecule has 2 N–H and O–H groups in total. The van der Waals surface area contributed by atoms with Gasteiger partial charge in [0.2, 0.25) is 0 Å². The number of nitrogens with one attached hydrogen (secondary N) is 1. The molecule has 0 unspecified atom stereocenters. The molecule has 2 heterocycles. The highest BCUT2D eigenvalue weighted by molar-refractivity contribution is 6.05. The van der Waals surface area contributed by atoms with Crippen molar-refractivity contribution in [2.75, 3.05) is 0 Å². The van der Waals surface area contributed by atoms with Gasteiger partial charge in [0.1, 0.15) is 16.8 Å². The molecule has 0 bridgehead atoms. The zero-order chi connectivity index (χ0) is 11.3. The number of H-pyrrole nitrogens is 1. The fourth-order valence-electron chi connectivity index (χ4n) is 1.98. The highest BCUT2D eigenvalue weighted by Crippen LogP contribution is 2.27. The van der Waals surface area contributed by atoms with E-state index in [0.717, 1.165) is 16.3 Å². The van der Waals surface area contributed by atoms with E-state index in [1.807, 2.05) is 6.92 Å². The van der Waals surface area contributed by atoms with E-state index >= 15 is 0 Å². The van der Waals surface area contributed by atoms with Crippen LogP contribution in [0.2, 0.25) is 0 Å². The summed E-state index contributed by atoms with van der Waals surface area (Å²) in [6.45, 7) is 1.92. The lowest BCUT2D eigenvalue weighted by Crippen LogP contribution is -1.99. The van der Waals surface area contributed by atoms with Crippen LogP contribution in [0.3, 0.4) is 0 Å². The third kappa shape index (κ3) is 1.07. The highest BCUT2D eigenvalue weighted by atomic mass is 16.4. The third-order valence-corrected chi connectivity index (χ3v) is 2.72. The van der Waals surface area contributed by atoms with E-state index in [2.05, 4.69) is 4.98 Å². The largest absolute Gasteiger partial charge is 0.508 e. The van der Waals surface area contributed by atoms with Crippen molar-refractivity contribution >= 4 is 21.9 Å². The maximum absolute atomic E-state index is 11.6. The van der Waals surface area contributed by atoms with Crippen molar-refractivity contribution in [2.24, 2.45) is 0 Å². The van der Waals surface area contributed by atoms with Crippen molar-refractivity contribution in [2.45, 2.75) is 6.92 Å². The Morgan fingerprint density at radius 1 is 1.38 bits per heavy atom. The van der Waals surface area contributed by atoms with Gasteiger partial charge in [-0.2, -0.15) is 0 Å². The van der Waals surface area contributed by atoms with Crippen LogP contribution in [0.1, 0.15) is 5.56 Å². The van der Waals surface area contributed by atoms with Gasteiger partial charge in [-0.3, -0.25) is 0 Å². The van der Waals surface area contributed by atoms with Crippen molar-refractivity contribution in [1.29, 1.82) is 0 Å². The maximum atomic E-state index is 11.6. The molecule has 4 nitrogen and oxygen atoms in total. The number of aromatic nitrogens is 1. The third-order valence-electron chi connectivity index (χ3n) is 2.72. The average molecular weight is 215 g/mol. The molecule has 0 radical (unpaired) electrons. The van der Waals surface area contributed by atoms with E-state index in [-0.39, 0.29) is 5.75 Å². The first-order valence-corrected chi connectivity index (χ1v) is 4.90. The summed E-state index contributed by atoms with van der Waals surface area (Å²) in [5.74, 6) is 0.0863. The molecule has 0 amide bonds. The molecular weight excluding hydrogens is 206 g/mol. The Balaban J connectivity index is 2.67. The summed E-state index contributed by atoms with van der Waals surface area (Å²) in [7, 11) is 0. The van der Waals surface area contributed by atoms with E-state index in [1.54, 1.807) is 18.3 Å². The lowest BCUT2D eigenvalue weighted by atomic mass is 10.1. The first-order chi connectivity index (χ1) is 7.66. The van der Waals surface area contributed by atoms with Gasteiger partial charge in [-0.15, -0.1) is 0 Å². The van der Waals surface area contributed by atoms with Gasteiger partial charge in [-0.05, 0) is 24.6 Å². The lowest BCUT2D eigenvalue weighted by molar-refractivity contribution is 0.473. The van der Waals surface area contributed by atoms with Crippen molar-refractivity contribution in [3.63, 3.8) is 0 Å². The number of phenols is 1. The smallest absolute Gasteiger partial charge is 0.360 e. The van der Waals surface area contributed by atoms with Crippen molar-refractivity contribution < 1.29 is 9.52 Å². The summed E-state index contributed by atoms with van der Waals surface area (Å²) in [4.78, 5) is 14.5. The van der Waals surface area contributed by atoms with Crippen LogP contribution in [0.5, 0.6) is 5.75 Å². The maximum Gasteiger partial charge on any atom is 0.360 e. The molecule has 0 saturated heterocycles. The molecule has 0 saturated carbocycles. The minimum absolute atomic E-state index is 0.0863. The van der Waals surface area contributed by atoms with Crippen LogP contribution in [0.4, 0.5) is 0 Å². The monoisotopic (exact) mass is 215 g/mol. The van der Waals surface area contributed by atoms with Crippen LogP contribution in [0.25, 0.3) is 21.9 Å². The Morgan fingerprint density at radius 2 is 2.19 bits per heavy atom. The molecule has 1 aromatic carbocycles. The average Bonchev–Trinajstić information content (AvgIpc) is 2.61. The van der Waals surface area contributed by atoms with Crippen molar-refractivity contribution in [3.05, 3.63) is 40.4 Å². The van der Waals surface area contributed by atoms with Gasteiger partial charge in [-0.1, -0.05) is 0 Å². The zero-order valence-electron chi connectivity index (χ0n) is 8.57. The first kappa shape index (κ1) is 9.03. The molecule has 0 aliphatic rings. The Morgan fingerprint density at radius 3 is 3.00 bits per heavy atom. The van der Waals surface area contributed by atoms with Crippen LogP contribution >= 0.6 is 0 Å². The van der Waals surface area contributed by atoms with Gasteiger partial charge < -0.3 is 14.5 Å². The molecule has 0 aliphatic carbocycles. The number of phenolic OH excluding ortho intramolecular Hbond substituents is 1. The number of aromatic hydroxyl groups is 1. The van der Waals surface area contributed by atoms with Crippen molar-refractivity contribution in [3.8, 4) is 5.75 Å². The number of hydrogen-bond acceptors (Lipinski definition) is 3. The van der Waals surface area contributed by atoms with E-state index < -0.39 is 5.63 Å². The minimum atomic E-state index is -0.416. The minimum Gasteiger partial charge on any atom is -0.508 e. The van der Waals surface area contributed by atoms with Crippen LogP contribution in [-0.4, -0.2) is 10.1 Å². The van der Waals surface area contributed by atoms with E-state index in [9.17, 15) is 9.90 Å². The molecule has 0 fully saturated rings. The molecule has 0 spiro atoms. The molecule has 2 aromatic heterocycles. The second-order valence-electron chi connectivity index (χ2n) is 3.79. The molecule has 16 heavy (non-hydrogen) atoms. The number of fused-ring (bicyclic) bond motifs is 3. The number of benzene rings is 1. The normalized spacial score (nSPS) is 11.3. The van der Waals surface area contributed by atoms with E-state index in [1.165, 1.54) is 6.07 Å². The highest BCUT2D eigenvalue weighted by Gasteiger charge is 2.10. The SMILES string of the molecule is Cc1c[nH]c2c(=O)oc3cc(O)ccc3c12. The Bertz CT molecular complexity index is 752.